The Kier molecular flexibility index (Phi) is 11.2. The first-order valence-corrected chi connectivity index (χ1v) is 9.58. The van der Waals surface area contributed by atoms with Gasteiger partial charge in [0.25, 0.3) is 0 Å². The molecule has 26 heavy (non-hydrogen) atoms. The van der Waals surface area contributed by atoms with Gasteiger partial charge in [-0.1, -0.05) is 37.3 Å². The van der Waals surface area contributed by atoms with Crippen molar-refractivity contribution in [1.29, 1.82) is 0 Å². The fourth-order valence-electron chi connectivity index (χ4n) is 3.24. The molecule has 0 bridgehead atoms. The van der Waals surface area contributed by atoms with Gasteiger partial charge in [-0.15, -0.1) is 24.0 Å². The van der Waals surface area contributed by atoms with E-state index in [9.17, 15) is 0 Å². The minimum absolute atomic E-state index is 0. The molecule has 2 rings (SSSR count). The number of aliphatic imine (C=N–C) groups is 1. The van der Waals surface area contributed by atoms with Crippen molar-refractivity contribution in [1.82, 2.24) is 20.4 Å². The summed E-state index contributed by atoms with van der Waals surface area (Å²) in [5.74, 6) is 0.910. The van der Waals surface area contributed by atoms with E-state index in [4.69, 9.17) is 0 Å². The van der Waals surface area contributed by atoms with E-state index in [0.29, 0.717) is 12.1 Å². The number of nitrogens with zero attached hydrogens (tertiary/aromatic N) is 3. The first kappa shape index (κ1) is 23.2. The van der Waals surface area contributed by atoms with Crippen LogP contribution in [0.2, 0.25) is 0 Å². The molecule has 2 N–H and O–H groups in total. The van der Waals surface area contributed by atoms with Crippen molar-refractivity contribution in [3.05, 3.63) is 35.9 Å². The molecule has 1 aliphatic heterocycles. The van der Waals surface area contributed by atoms with E-state index in [2.05, 4.69) is 76.7 Å². The molecule has 0 aliphatic carbocycles. The van der Waals surface area contributed by atoms with Gasteiger partial charge in [0.05, 0.1) is 0 Å². The third kappa shape index (κ3) is 7.40. The van der Waals surface area contributed by atoms with Gasteiger partial charge in [0.15, 0.2) is 5.96 Å². The van der Waals surface area contributed by atoms with Gasteiger partial charge in [0.1, 0.15) is 0 Å². The monoisotopic (exact) mass is 473 g/mol. The van der Waals surface area contributed by atoms with Crippen molar-refractivity contribution in [3.63, 3.8) is 0 Å². The maximum atomic E-state index is 4.31. The van der Waals surface area contributed by atoms with Crippen LogP contribution in [0.1, 0.15) is 38.3 Å². The largest absolute Gasteiger partial charge is 0.356 e. The summed E-state index contributed by atoms with van der Waals surface area (Å²) < 4.78 is 0. The smallest absolute Gasteiger partial charge is 0.191 e. The molecule has 1 saturated heterocycles. The highest BCUT2D eigenvalue weighted by atomic mass is 127. The molecule has 0 spiro atoms. The van der Waals surface area contributed by atoms with E-state index in [0.717, 1.165) is 51.5 Å². The fourth-order valence-corrected chi connectivity index (χ4v) is 3.24. The molecule has 1 aromatic carbocycles. The van der Waals surface area contributed by atoms with Crippen LogP contribution in [0.3, 0.4) is 0 Å². The van der Waals surface area contributed by atoms with Crippen molar-refractivity contribution in [3.8, 4) is 0 Å². The molecule has 0 amide bonds. The van der Waals surface area contributed by atoms with Crippen LogP contribution in [0.15, 0.2) is 35.3 Å². The predicted molar refractivity (Wildman–Crippen MR) is 123 cm³/mol. The normalized spacial score (nSPS) is 20.3. The van der Waals surface area contributed by atoms with Crippen LogP contribution in [0, 0.1) is 0 Å². The van der Waals surface area contributed by atoms with Crippen LogP contribution in [0.5, 0.6) is 0 Å². The molecule has 1 fully saturated rings. The lowest BCUT2D eigenvalue weighted by atomic mass is 10.0. The van der Waals surface area contributed by atoms with E-state index in [-0.39, 0.29) is 24.0 Å². The van der Waals surface area contributed by atoms with Crippen molar-refractivity contribution < 1.29 is 0 Å². The van der Waals surface area contributed by atoms with Crippen LogP contribution in [0.4, 0.5) is 0 Å². The molecule has 2 atom stereocenters. The van der Waals surface area contributed by atoms with Crippen LogP contribution < -0.4 is 10.6 Å². The van der Waals surface area contributed by atoms with Gasteiger partial charge in [0, 0.05) is 51.9 Å². The molecule has 148 valence electrons. The molecule has 5 nitrogen and oxygen atoms in total. The zero-order valence-corrected chi connectivity index (χ0v) is 19.1. The van der Waals surface area contributed by atoms with E-state index >= 15 is 0 Å². The highest BCUT2D eigenvalue weighted by molar-refractivity contribution is 14.0. The molecule has 1 aliphatic rings. The lowest BCUT2D eigenvalue weighted by Gasteiger charge is -2.40. The number of hydrogen-bond donors (Lipinski definition) is 2. The maximum Gasteiger partial charge on any atom is 0.191 e. The Morgan fingerprint density at radius 2 is 2.00 bits per heavy atom. The zero-order chi connectivity index (χ0) is 18.1. The Hall–Kier alpha value is -0.860. The van der Waals surface area contributed by atoms with Crippen LogP contribution in [0.25, 0.3) is 0 Å². The number of hydrogen-bond acceptors (Lipinski definition) is 3. The van der Waals surface area contributed by atoms with Crippen molar-refractivity contribution in [2.24, 2.45) is 4.99 Å². The summed E-state index contributed by atoms with van der Waals surface area (Å²) in [6.45, 7) is 9.81. The lowest BCUT2D eigenvalue weighted by molar-refractivity contribution is 0.0891. The number of nitrogens with one attached hydrogen (secondary N) is 2. The third-order valence-corrected chi connectivity index (χ3v) is 5.01. The second kappa shape index (κ2) is 12.5. The van der Waals surface area contributed by atoms with E-state index in [1.165, 1.54) is 5.56 Å². The zero-order valence-electron chi connectivity index (χ0n) is 16.7. The minimum atomic E-state index is 0. The molecule has 1 aromatic rings. The summed E-state index contributed by atoms with van der Waals surface area (Å²) in [6, 6.07) is 11.9. The second-order valence-corrected chi connectivity index (χ2v) is 7.03. The highest BCUT2D eigenvalue weighted by Gasteiger charge is 2.25. The molecular weight excluding hydrogens is 437 g/mol. The average molecular weight is 473 g/mol. The molecular formula is C20H36IN5. The first-order valence-electron chi connectivity index (χ1n) is 9.58. The quantitative estimate of drug-likeness (QED) is 0.277. The molecule has 0 saturated carbocycles. The van der Waals surface area contributed by atoms with Crippen molar-refractivity contribution in [2.75, 3.05) is 46.8 Å². The minimum Gasteiger partial charge on any atom is -0.356 e. The summed E-state index contributed by atoms with van der Waals surface area (Å²) in [5, 5.41) is 6.85. The summed E-state index contributed by atoms with van der Waals surface area (Å²) in [5.41, 5.74) is 1.43. The van der Waals surface area contributed by atoms with Gasteiger partial charge in [-0.3, -0.25) is 9.89 Å². The van der Waals surface area contributed by atoms with Gasteiger partial charge < -0.3 is 15.5 Å². The summed E-state index contributed by atoms with van der Waals surface area (Å²) in [4.78, 5) is 9.37. The Labute approximate surface area is 176 Å². The number of rotatable bonds is 7. The van der Waals surface area contributed by atoms with Crippen molar-refractivity contribution >= 4 is 29.9 Å². The fraction of sp³-hybridized carbons (Fsp3) is 0.650. The predicted octanol–water partition coefficient (Wildman–Crippen LogP) is 2.95. The summed E-state index contributed by atoms with van der Waals surface area (Å²) >= 11 is 0. The Morgan fingerprint density at radius 3 is 2.65 bits per heavy atom. The SMILES string of the molecule is CCC(C)NC(=NC)NCCCN1CCN(C)CC1c1ccccc1.I. The van der Waals surface area contributed by atoms with Gasteiger partial charge in [-0.05, 0) is 32.4 Å². The first-order chi connectivity index (χ1) is 12.1. The van der Waals surface area contributed by atoms with E-state index in [1.807, 2.05) is 7.05 Å². The Morgan fingerprint density at radius 1 is 1.27 bits per heavy atom. The molecule has 0 aromatic heterocycles. The van der Waals surface area contributed by atoms with Crippen molar-refractivity contribution in [2.45, 2.75) is 38.8 Å². The molecule has 6 heteroatoms. The topological polar surface area (TPSA) is 42.9 Å². The van der Waals surface area contributed by atoms with E-state index < -0.39 is 0 Å². The van der Waals surface area contributed by atoms with Crippen LogP contribution in [-0.4, -0.2) is 68.6 Å². The summed E-state index contributed by atoms with van der Waals surface area (Å²) in [7, 11) is 4.06. The highest BCUT2D eigenvalue weighted by Crippen LogP contribution is 2.24. The molecule has 0 radical (unpaired) electrons. The number of piperazine rings is 1. The average Bonchev–Trinajstić information content (AvgIpc) is 2.65. The third-order valence-electron chi connectivity index (χ3n) is 5.01. The van der Waals surface area contributed by atoms with Crippen LogP contribution in [-0.2, 0) is 0 Å². The standard InChI is InChI=1S/C20H35N5.HI/c1-5-17(2)23-20(21-3)22-12-9-13-25-15-14-24(4)16-19(25)18-10-7-6-8-11-18;/h6-8,10-11,17,19H,5,9,12-16H2,1-4H3,(H2,21,22,23);1H. The second-order valence-electron chi connectivity index (χ2n) is 7.03. The number of likely N-dealkylation sites (N-methyl/N-ethyl adjacent to an activating group) is 1. The summed E-state index contributed by atoms with van der Waals surface area (Å²) in [6.07, 6.45) is 2.22. The maximum absolute atomic E-state index is 4.31. The lowest BCUT2D eigenvalue weighted by Crippen LogP contribution is -2.48. The molecule has 2 unspecified atom stereocenters. The number of guanidine groups is 1. The number of benzene rings is 1. The van der Waals surface area contributed by atoms with Gasteiger partial charge in [-0.2, -0.15) is 0 Å². The Balaban J connectivity index is 0.00000338. The van der Waals surface area contributed by atoms with Gasteiger partial charge in [0.2, 0.25) is 0 Å². The van der Waals surface area contributed by atoms with E-state index in [1.54, 1.807) is 0 Å². The van der Waals surface area contributed by atoms with Gasteiger partial charge >= 0.3 is 0 Å². The Bertz CT molecular complexity index is 522. The molecule has 1 heterocycles. The van der Waals surface area contributed by atoms with Crippen LogP contribution >= 0.6 is 24.0 Å². The number of halogens is 1. The van der Waals surface area contributed by atoms with Gasteiger partial charge in [-0.25, -0.2) is 0 Å².